The van der Waals surface area contributed by atoms with Gasteiger partial charge in [-0.25, -0.2) is 4.79 Å². The van der Waals surface area contributed by atoms with Crippen molar-refractivity contribution in [2.45, 2.75) is 19.6 Å². The number of halogens is 3. The van der Waals surface area contributed by atoms with Crippen LogP contribution in [0.25, 0.3) is 11.6 Å². The molecule has 0 unspecified atom stereocenters. The minimum atomic E-state index is -5.02. The van der Waals surface area contributed by atoms with Crippen molar-refractivity contribution >= 4 is 29.2 Å². The molecular weight excluding hydrogens is 359 g/mol. The van der Waals surface area contributed by atoms with Crippen LogP contribution in [0.2, 0.25) is 0 Å². The van der Waals surface area contributed by atoms with Crippen LogP contribution in [-0.2, 0) is 20.9 Å². The average Bonchev–Trinajstić information content (AvgIpc) is 2.62. The van der Waals surface area contributed by atoms with Gasteiger partial charge in [-0.1, -0.05) is 42.5 Å². The van der Waals surface area contributed by atoms with Gasteiger partial charge >= 0.3 is 18.1 Å². The average molecular weight is 375 g/mol. The summed E-state index contributed by atoms with van der Waals surface area (Å²) in [4.78, 5) is 25.2. The van der Waals surface area contributed by atoms with Gasteiger partial charge in [0, 0.05) is 0 Å². The molecule has 4 nitrogen and oxygen atoms in total. The first kappa shape index (κ1) is 18.7. The number of ether oxygens (including phenoxy) is 1. The van der Waals surface area contributed by atoms with E-state index in [9.17, 15) is 22.8 Å². The number of carbonyl (C=O) groups excluding carboxylic acids is 2. The first-order chi connectivity index (χ1) is 12.8. The van der Waals surface area contributed by atoms with E-state index >= 15 is 0 Å². The van der Waals surface area contributed by atoms with Crippen molar-refractivity contribution in [3.8, 4) is 0 Å². The number of alkyl halides is 3. The van der Waals surface area contributed by atoms with Crippen molar-refractivity contribution in [3.05, 3.63) is 65.2 Å². The number of benzene rings is 2. The Kier molecular flexibility index (Phi) is 5.03. The summed E-state index contributed by atoms with van der Waals surface area (Å²) in [6.07, 6.45) is -3.56. The predicted octanol–water partition coefficient (Wildman–Crippen LogP) is 4.20. The molecule has 140 valence electrons. The molecular formula is C20H16F3NO3. The van der Waals surface area contributed by atoms with Crippen molar-refractivity contribution in [2.75, 3.05) is 11.5 Å². The van der Waals surface area contributed by atoms with Gasteiger partial charge < -0.3 is 4.74 Å². The van der Waals surface area contributed by atoms with Crippen LogP contribution in [0.5, 0.6) is 0 Å². The third kappa shape index (κ3) is 3.72. The number of hydrogen-bond acceptors (Lipinski definition) is 3. The van der Waals surface area contributed by atoms with E-state index in [-0.39, 0.29) is 24.4 Å². The minimum Gasteiger partial charge on any atom is -0.462 e. The second-order valence-electron chi connectivity index (χ2n) is 5.88. The van der Waals surface area contributed by atoms with Crippen LogP contribution in [0, 0.1) is 0 Å². The van der Waals surface area contributed by atoms with Crippen LogP contribution in [0.1, 0.15) is 23.6 Å². The summed E-state index contributed by atoms with van der Waals surface area (Å²) < 4.78 is 44.6. The van der Waals surface area contributed by atoms with Gasteiger partial charge in [-0.3, -0.25) is 9.69 Å². The summed E-state index contributed by atoms with van der Waals surface area (Å²) in [5.74, 6) is -2.53. The fourth-order valence-corrected chi connectivity index (χ4v) is 2.98. The van der Waals surface area contributed by atoms with Crippen LogP contribution in [0.4, 0.5) is 18.9 Å². The Hall–Kier alpha value is -3.09. The summed E-state index contributed by atoms with van der Waals surface area (Å²) in [5, 5.41) is 0. The lowest BCUT2D eigenvalue weighted by atomic mass is 9.94. The van der Waals surface area contributed by atoms with Crippen molar-refractivity contribution < 1.29 is 27.5 Å². The van der Waals surface area contributed by atoms with Gasteiger partial charge in [-0.05, 0) is 35.8 Å². The zero-order valence-corrected chi connectivity index (χ0v) is 14.4. The molecule has 0 spiro atoms. The van der Waals surface area contributed by atoms with Crippen molar-refractivity contribution in [3.63, 3.8) is 0 Å². The normalized spacial score (nSPS) is 15.6. The van der Waals surface area contributed by atoms with Crippen molar-refractivity contribution in [1.82, 2.24) is 0 Å². The van der Waals surface area contributed by atoms with Crippen LogP contribution >= 0.6 is 0 Å². The smallest absolute Gasteiger partial charge is 0.462 e. The largest absolute Gasteiger partial charge is 0.471 e. The summed E-state index contributed by atoms with van der Waals surface area (Å²) in [5.41, 5.74) is 1.50. The summed E-state index contributed by atoms with van der Waals surface area (Å²) >= 11 is 0. The minimum absolute atomic E-state index is 0.0797. The monoisotopic (exact) mass is 375 g/mol. The molecule has 0 aromatic heterocycles. The molecule has 0 N–H and O–H groups in total. The zero-order valence-electron chi connectivity index (χ0n) is 14.4. The van der Waals surface area contributed by atoms with Gasteiger partial charge in [-0.2, -0.15) is 13.2 Å². The van der Waals surface area contributed by atoms with Crippen molar-refractivity contribution in [1.29, 1.82) is 0 Å². The van der Waals surface area contributed by atoms with E-state index in [2.05, 4.69) is 0 Å². The van der Waals surface area contributed by atoms with Gasteiger partial charge in [-0.15, -0.1) is 0 Å². The highest BCUT2D eigenvalue weighted by atomic mass is 19.4. The van der Waals surface area contributed by atoms with Crippen LogP contribution in [0.15, 0.2) is 48.5 Å². The van der Waals surface area contributed by atoms with Crippen molar-refractivity contribution in [2.24, 2.45) is 0 Å². The number of amides is 1. The van der Waals surface area contributed by atoms with E-state index < -0.39 is 18.1 Å². The molecule has 0 fully saturated rings. The molecule has 2 aromatic rings. The van der Waals surface area contributed by atoms with Gasteiger partial charge in [0.1, 0.15) is 0 Å². The molecule has 0 saturated heterocycles. The maximum atomic E-state index is 13.2. The predicted molar refractivity (Wildman–Crippen MR) is 94.6 cm³/mol. The molecule has 2 aromatic carbocycles. The number of anilines is 1. The Bertz CT molecular complexity index is 919. The maximum Gasteiger partial charge on any atom is 0.471 e. The van der Waals surface area contributed by atoms with Crippen LogP contribution < -0.4 is 4.90 Å². The molecule has 3 rings (SSSR count). The highest BCUT2D eigenvalue weighted by molar-refractivity contribution is 6.23. The first-order valence-corrected chi connectivity index (χ1v) is 8.27. The topological polar surface area (TPSA) is 46.6 Å². The number of carbonyl (C=O) groups is 2. The molecule has 1 amide bonds. The molecule has 0 radical (unpaired) electrons. The zero-order chi connectivity index (χ0) is 19.6. The van der Waals surface area contributed by atoms with Gasteiger partial charge in [0.05, 0.1) is 24.4 Å². The Labute approximate surface area is 153 Å². The molecule has 1 aliphatic heterocycles. The molecule has 0 atom stereocenters. The van der Waals surface area contributed by atoms with Gasteiger partial charge in [0.25, 0.3) is 0 Å². The number of fused-ring (bicyclic) bond motifs is 2. The lowest BCUT2D eigenvalue weighted by Gasteiger charge is -2.28. The number of para-hydroxylation sites is 1. The molecule has 0 bridgehead atoms. The van der Waals surface area contributed by atoms with Gasteiger partial charge in [0.2, 0.25) is 0 Å². The molecule has 7 heteroatoms. The van der Waals surface area contributed by atoms with E-state index in [1.807, 2.05) is 0 Å². The first-order valence-electron chi connectivity index (χ1n) is 8.27. The summed E-state index contributed by atoms with van der Waals surface area (Å²) in [6, 6.07) is 12.7. The van der Waals surface area contributed by atoms with E-state index in [1.165, 1.54) is 12.1 Å². The summed E-state index contributed by atoms with van der Waals surface area (Å²) in [6.45, 7) is 1.52. The fourth-order valence-electron chi connectivity index (χ4n) is 2.98. The highest BCUT2D eigenvalue weighted by Gasteiger charge is 2.44. The quantitative estimate of drug-likeness (QED) is 0.739. The fraction of sp³-hybridized carbons (Fsp3) is 0.200. The molecule has 27 heavy (non-hydrogen) atoms. The van der Waals surface area contributed by atoms with Crippen LogP contribution in [-0.4, -0.2) is 24.7 Å². The second kappa shape index (κ2) is 7.26. The standard InChI is InChI=1S/C20H16F3NO3/c1-2-27-18(25)16-11-13-7-4-6-10-17(13)24(19(26)20(21,22)23)12-14-8-3-5-9-15(14)16/h3-11H,2,12H2,1H3/b16-11+. The summed E-state index contributed by atoms with van der Waals surface area (Å²) in [7, 11) is 0. The third-order valence-electron chi connectivity index (χ3n) is 4.15. The number of esters is 1. The number of nitrogens with zero attached hydrogens (tertiary/aromatic N) is 1. The number of hydrogen-bond donors (Lipinski definition) is 0. The molecule has 0 aliphatic carbocycles. The highest BCUT2D eigenvalue weighted by Crippen LogP contribution is 2.35. The lowest BCUT2D eigenvalue weighted by molar-refractivity contribution is -0.170. The maximum absolute atomic E-state index is 13.2. The molecule has 0 saturated carbocycles. The van der Waals surface area contributed by atoms with E-state index in [0.29, 0.717) is 21.6 Å². The van der Waals surface area contributed by atoms with E-state index in [0.717, 1.165) is 0 Å². The Balaban J connectivity index is 2.25. The van der Waals surface area contributed by atoms with E-state index in [1.54, 1.807) is 49.4 Å². The van der Waals surface area contributed by atoms with Gasteiger partial charge in [0.15, 0.2) is 0 Å². The Morgan fingerprint density at radius 1 is 1.07 bits per heavy atom. The van der Waals surface area contributed by atoms with E-state index in [4.69, 9.17) is 4.74 Å². The SMILES string of the molecule is CCOC(=O)/C1=C/c2ccccc2N(C(=O)C(F)(F)F)Cc2ccccc21. The number of rotatable bonds is 2. The van der Waals surface area contributed by atoms with Crippen LogP contribution in [0.3, 0.4) is 0 Å². The second-order valence-corrected chi connectivity index (χ2v) is 5.88. The Morgan fingerprint density at radius 3 is 2.44 bits per heavy atom. The lowest BCUT2D eigenvalue weighted by Crippen LogP contribution is -2.41. The molecule has 1 aliphatic rings. The Morgan fingerprint density at radius 2 is 1.74 bits per heavy atom. The molecule has 1 heterocycles. The third-order valence-corrected chi connectivity index (χ3v) is 4.15.